The lowest BCUT2D eigenvalue weighted by Gasteiger charge is -2.36. The van der Waals surface area contributed by atoms with Crippen LogP contribution in [-0.2, 0) is 16.0 Å². The van der Waals surface area contributed by atoms with Gasteiger partial charge in [0, 0.05) is 25.6 Å². The number of nitrogens with one attached hydrogen (secondary N) is 2. The summed E-state index contributed by atoms with van der Waals surface area (Å²) in [6, 6.07) is 16.1. The second-order valence-corrected chi connectivity index (χ2v) is 9.36. The van der Waals surface area contributed by atoms with E-state index >= 15 is 0 Å². The van der Waals surface area contributed by atoms with E-state index in [1.807, 2.05) is 49.1 Å². The second-order valence-electron chi connectivity index (χ2n) is 8.95. The Hall–Kier alpha value is -2.86. The number of aryl methyl sites for hydroxylation is 1. The van der Waals surface area contributed by atoms with E-state index in [4.69, 9.17) is 11.6 Å². The third-order valence-electron chi connectivity index (χ3n) is 6.52. The minimum atomic E-state index is -0.681. The number of likely N-dealkylation sites (tertiary alicyclic amines) is 1. The molecule has 182 valence electrons. The molecule has 6 nitrogen and oxygen atoms in total. The maximum atomic E-state index is 13.1. The number of carbonyl (C=O) groups excluding carboxylic acids is 3. The molecule has 1 aliphatic rings. The van der Waals surface area contributed by atoms with Crippen LogP contribution in [0.2, 0.25) is 5.02 Å². The van der Waals surface area contributed by atoms with Gasteiger partial charge in [0.1, 0.15) is 6.04 Å². The van der Waals surface area contributed by atoms with Crippen LogP contribution < -0.4 is 10.6 Å². The standard InChI is InChI=1S/C27H34ClN3O3/c1-3-19(2)29-27(34)25(30-26(33)22-11-7-8-12-23(22)28)21-15-17-31(18-16-21)24(32)14-13-20-9-5-4-6-10-20/h4-12,19,21,25H,3,13-18H2,1-2H3,(H,29,34)(H,30,33). The SMILES string of the molecule is CCC(C)NC(=O)C(NC(=O)c1ccccc1Cl)C1CCN(C(=O)CCc2ccccc2)CC1. The molecule has 0 spiro atoms. The van der Waals surface area contributed by atoms with Crippen LogP contribution in [0.3, 0.4) is 0 Å². The number of halogens is 1. The van der Waals surface area contributed by atoms with Gasteiger partial charge in [0.2, 0.25) is 11.8 Å². The number of amides is 3. The molecule has 2 atom stereocenters. The highest BCUT2D eigenvalue weighted by Gasteiger charge is 2.34. The fourth-order valence-electron chi connectivity index (χ4n) is 4.23. The number of nitrogens with zero attached hydrogens (tertiary/aromatic N) is 1. The van der Waals surface area contributed by atoms with Crippen LogP contribution in [0.15, 0.2) is 54.6 Å². The molecule has 0 aromatic heterocycles. The van der Waals surface area contributed by atoms with E-state index < -0.39 is 6.04 Å². The van der Waals surface area contributed by atoms with E-state index in [1.165, 1.54) is 0 Å². The molecule has 7 heteroatoms. The van der Waals surface area contributed by atoms with Crippen molar-refractivity contribution in [3.63, 3.8) is 0 Å². The summed E-state index contributed by atoms with van der Waals surface area (Å²) in [5.74, 6) is -0.489. The minimum absolute atomic E-state index is 0.00636. The van der Waals surface area contributed by atoms with Gasteiger partial charge in [-0.2, -0.15) is 0 Å². The lowest BCUT2D eigenvalue weighted by atomic mass is 9.88. The summed E-state index contributed by atoms with van der Waals surface area (Å²) < 4.78 is 0. The van der Waals surface area contributed by atoms with Gasteiger partial charge in [0.15, 0.2) is 0 Å². The van der Waals surface area contributed by atoms with Crippen LogP contribution in [0.4, 0.5) is 0 Å². The molecular weight excluding hydrogens is 450 g/mol. The van der Waals surface area contributed by atoms with Crippen molar-refractivity contribution in [2.75, 3.05) is 13.1 Å². The number of piperidine rings is 1. The van der Waals surface area contributed by atoms with Crippen molar-refractivity contribution < 1.29 is 14.4 Å². The van der Waals surface area contributed by atoms with Crippen LogP contribution in [0, 0.1) is 5.92 Å². The van der Waals surface area contributed by atoms with Gasteiger partial charge in [-0.05, 0) is 56.2 Å². The van der Waals surface area contributed by atoms with Crippen LogP contribution in [0.1, 0.15) is 55.5 Å². The van der Waals surface area contributed by atoms with E-state index in [0.29, 0.717) is 49.4 Å². The summed E-state index contributed by atoms with van der Waals surface area (Å²) in [7, 11) is 0. The van der Waals surface area contributed by atoms with E-state index in [1.54, 1.807) is 24.3 Å². The van der Waals surface area contributed by atoms with E-state index in [-0.39, 0.29) is 29.7 Å². The molecule has 1 heterocycles. The van der Waals surface area contributed by atoms with E-state index in [9.17, 15) is 14.4 Å². The van der Waals surface area contributed by atoms with Gasteiger partial charge in [-0.1, -0.05) is 61.0 Å². The summed E-state index contributed by atoms with van der Waals surface area (Å²) in [4.78, 5) is 40.6. The molecule has 1 aliphatic heterocycles. The van der Waals surface area contributed by atoms with Crippen molar-refractivity contribution in [1.82, 2.24) is 15.5 Å². The molecule has 0 saturated carbocycles. The third-order valence-corrected chi connectivity index (χ3v) is 6.85. The van der Waals surface area contributed by atoms with Crippen LogP contribution in [-0.4, -0.2) is 47.8 Å². The highest BCUT2D eigenvalue weighted by Crippen LogP contribution is 2.23. The quantitative estimate of drug-likeness (QED) is 0.560. The highest BCUT2D eigenvalue weighted by molar-refractivity contribution is 6.33. The van der Waals surface area contributed by atoms with Crippen molar-refractivity contribution in [3.8, 4) is 0 Å². The van der Waals surface area contributed by atoms with Gasteiger partial charge >= 0.3 is 0 Å². The van der Waals surface area contributed by atoms with Crippen LogP contribution >= 0.6 is 11.6 Å². The molecule has 34 heavy (non-hydrogen) atoms. The lowest BCUT2D eigenvalue weighted by molar-refractivity contribution is -0.133. The number of rotatable bonds is 9. The monoisotopic (exact) mass is 483 g/mol. The second kappa shape index (κ2) is 12.6. The molecule has 2 unspecified atom stereocenters. The summed E-state index contributed by atoms with van der Waals surface area (Å²) in [6.45, 7) is 5.10. The van der Waals surface area contributed by atoms with Crippen molar-refractivity contribution >= 4 is 29.3 Å². The summed E-state index contributed by atoms with van der Waals surface area (Å²) in [5, 5.41) is 6.28. The zero-order valence-electron chi connectivity index (χ0n) is 19.9. The fraction of sp³-hybridized carbons (Fsp3) is 0.444. The Bertz CT molecular complexity index is 974. The minimum Gasteiger partial charge on any atom is -0.352 e. The molecule has 3 amide bonds. The molecule has 0 bridgehead atoms. The van der Waals surface area contributed by atoms with Gasteiger partial charge in [-0.3, -0.25) is 14.4 Å². The van der Waals surface area contributed by atoms with Crippen molar-refractivity contribution in [1.29, 1.82) is 0 Å². The molecule has 1 fully saturated rings. The predicted octanol–water partition coefficient (Wildman–Crippen LogP) is 4.22. The Labute approximate surface area is 207 Å². The maximum absolute atomic E-state index is 13.1. The molecule has 3 rings (SSSR count). The predicted molar refractivity (Wildman–Crippen MR) is 135 cm³/mol. The van der Waals surface area contributed by atoms with Crippen molar-refractivity contribution in [2.45, 2.75) is 58.0 Å². The van der Waals surface area contributed by atoms with Gasteiger partial charge < -0.3 is 15.5 Å². The summed E-state index contributed by atoms with van der Waals surface area (Å²) in [5.41, 5.74) is 1.49. The topological polar surface area (TPSA) is 78.5 Å². The Balaban J connectivity index is 1.62. The third kappa shape index (κ3) is 7.07. The molecule has 2 N–H and O–H groups in total. The Morgan fingerprint density at radius 2 is 1.65 bits per heavy atom. The number of benzene rings is 2. The summed E-state index contributed by atoms with van der Waals surface area (Å²) in [6.07, 6.45) is 3.28. The number of carbonyl (C=O) groups is 3. The lowest BCUT2D eigenvalue weighted by Crippen LogP contribution is -2.55. The Morgan fingerprint density at radius 3 is 2.29 bits per heavy atom. The largest absolute Gasteiger partial charge is 0.352 e. The Morgan fingerprint density at radius 1 is 1.00 bits per heavy atom. The first-order valence-corrected chi connectivity index (χ1v) is 12.4. The average molecular weight is 484 g/mol. The number of hydrogen-bond acceptors (Lipinski definition) is 3. The fourth-order valence-corrected chi connectivity index (χ4v) is 4.45. The number of hydrogen-bond donors (Lipinski definition) is 2. The van der Waals surface area contributed by atoms with Gasteiger partial charge in [-0.15, -0.1) is 0 Å². The molecule has 1 saturated heterocycles. The molecule has 2 aromatic rings. The van der Waals surface area contributed by atoms with E-state index in [0.717, 1.165) is 12.0 Å². The summed E-state index contributed by atoms with van der Waals surface area (Å²) >= 11 is 6.20. The Kier molecular flexibility index (Phi) is 9.52. The van der Waals surface area contributed by atoms with Crippen LogP contribution in [0.25, 0.3) is 0 Å². The van der Waals surface area contributed by atoms with Gasteiger partial charge in [0.05, 0.1) is 10.6 Å². The van der Waals surface area contributed by atoms with E-state index in [2.05, 4.69) is 10.6 Å². The first-order valence-electron chi connectivity index (χ1n) is 12.1. The van der Waals surface area contributed by atoms with Crippen LogP contribution in [0.5, 0.6) is 0 Å². The average Bonchev–Trinajstić information content (AvgIpc) is 2.86. The van der Waals surface area contributed by atoms with Gasteiger partial charge in [-0.25, -0.2) is 0 Å². The van der Waals surface area contributed by atoms with Crippen molar-refractivity contribution in [2.24, 2.45) is 5.92 Å². The maximum Gasteiger partial charge on any atom is 0.253 e. The normalized spacial score (nSPS) is 15.9. The zero-order valence-corrected chi connectivity index (χ0v) is 20.7. The smallest absolute Gasteiger partial charge is 0.253 e. The van der Waals surface area contributed by atoms with Gasteiger partial charge in [0.25, 0.3) is 5.91 Å². The highest BCUT2D eigenvalue weighted by atomic mass is 35.5. The first-order chi connectivity index (χ1) is 16.4. The molecule has 0 aliphatic carbocycles. The molecule has 2 aromatic carbocycles. The zero-order chi connectivity index (χ0) is 24.5. The van der Waals surface area contributed by atoms with Crippen molar-refractivity contribution in [3.05, 3.63) is 70.7 Å². The first kappa shape index (κ1) is 25.8. The molecular formula is C27H34ClN3O3. The molecule has 0 radical (unpaired) electrons.